The molecule has 162 valence electrons. The van der Waals surface area contributed by atoms with Crippen molar-refractivity contribution in [3.63, 3.8) is 0 Å². The minimum atomic E-state index is -0.523. The Morgan fingerprint density at radius 1 is 1.00 bits per heavy atom. The van der Waals surface area contributed by atoms with Gasteiger partial charge in [-0.15, -0.1) is 0 Å². The number of hydrogen-bond donors (Lipinski definition) is 0. The quantitative estimate of drug-likeness (QED) is 0.203. The van der Waals surface area contributed by atoms with Crippen LogP contribution in [-0.4, -0.2) is 35.3 Å². The van der Waals surface area contributed by atoms with Gasteiger partial charge in [-0.25, -0.2) is 9.97 Å². The summed E-state index contributed by atoms with van der Waals surface area (Å²) in [6.07, 6.45) is 4.56. The maximum absolute atomic E-state index is 6.48. The van der Waals surface area contributed by atoms with Crippen molar-refractivity contribution >= 4 is 45.1 Å². The van der Waals surface area contributed by atoms with E-state index in [0.29, 0.717) is 0 Å². The number of halogens is 2. The lowest BCUT2D eigenvalue weighted by Crippen LogP contribution is -2.35. The third kappa shape index (κ3) is 5.20. The van der Waals surface area contributed by atoms with Gasteiger partial charge in [0.05, 0.1) is 23.2 Å². The second-order valence-electron chi connectivity index (χ2n) is 8.06. The summed E-state index contributed by atoms with van der Waals surface area (Å²) >= 11 is 8.69. The lowest BCUT2D eigenvalue weighted by Gasteiger charge is -2.33. The molecular weight excluding hydrogens is 527 g/mol. The first kappa shape index (κ1) is 21.5. The predicted molar refractivity (Wildman–Crippen MR) is 128 cm³/mol. The molecule has 5 rings (SSSR count). The average Bonchev–Trinajstić information content (AvgIpc) is 3.60. The summed E-state index contributed by atoms with van der Waals surface area (Å²) < 4.78 is 19.9. The van der Waals surface area contributed by atoms with Gasteiger partial charge in [0.1, 0.15) is 0 Å². The summed E-state index contributed by atoms with van der Waals surface area (Å²) in [7, 11) is 0. The third-order valence-corrected chi connectivity index (χ3v) is 6.50. The Morgan fingerprint density at radius 2 is 1.84 bits per heavy atom. The maximum Gasteiger partial charge on any atom is 0.223 e. The molecule has 2 aliphatic rings. The number of rotatable bonds is 7. The molecule has 1 aliphatic carbocycles. The van der Waals surface area contributed by atoms with Crippen molar-refractivity contribution in [2.75, 3.05) is 6.61 Å². The van der Waals surface area contributed by atoms with E-state index < -0.39 is 6.29 Å². The zero-order valence-corrected chi connectivity index (χ0v) is 20.0. The number of nitrogens with zero attached hydrogens (tertiary/aromatic N) is 2. The lowest BCUT2D eigenvalue weighted by molar-refractivity contribution is -0.262. The maximum atomic E-state index is 6.48. The van der Waals surface area contributed by atoms with E-state index >= 15 is 0 Å². The molecule has 0 radical (unpaired) electrons. The summed E-state index contributed by atoms with van der Waals surface area (Å²) in [5, 5.41) is 1.19. The van der Waals surface area contributed by atoms with Gasteiger partial charge in [0.2, 0.25) is 5.28 Å². The molecule has 1 aromatic heterocycles. The van der Waals surface area contributed by atoms with E-state index in [-0.39, 0.29) is 23.6 Å². The Hall–Kier alpha value is -1.32. The topological polar surface area (TPSA) is 53.5 Å². The van der Waals surface area contributed by atoms with E-state index in [2.05, 4.69) is 45.8 Å². The number of benzene rings is 2. The van der Waals surface area contributed by atoms with Crippen LogP contribution in [0.5, 0.6) is 0 Å². The molecule has 2 fully saturated rings. The summed E-state index contributed by atoms with van der Waals surface area (Å²) in [5.41, 5.74) is 2.70. The molecule has 3 unspecified atom stereocenters. The highest BCUT2D eigenvalue weighted by Crippen LogP contribution is 2.39. The molecule has 7 heteroatoms. The van der Waals surface area contributed by atoms with Crippen LogP contribution in [0.25, 0.3) is 10.9 Å². The van der Waals surface area contributed by atoms with Crippen LogP contribution in [0.3, 0.4) is 0 Å². The highest BCUT2D eigenvalue weighted by atomic mass is 127. The molecular formula is C24H24ClIN2O3. The molecule has 0 spiro atoms. The molecule has 1 saturated heterocycles. The Balaban J connectivity index is 1.62. The molecule has 0 N–H and O–H groups in total. The Labute approximate surface area is 200 Å². The first-order valence-corrected chi connectivity index (χ1v) is 12.2. The number of aromatic nitrogens is 2. The van der Waals surface area contributed by atoms with Crippen molar-refractivity contribution < 1.29 is 14.2 Å². The Bertz CT molecular complexity index is 1040. The molecule has 2 aromatic carbocycles. The van der Waals surface area contributed by atoms with Gasteiger partial charge in [0.25, 0.3) is 0 Å². The van der Waals surface area contributed by atoms with E-state index in [9.17, 15) is 0 Å². The van der Waals surface area contributed by atoms with Crippen molar-refractivity contribution in [2.45, 2.75) is 56.7 Å². The van der Waals surface area contributed by atoms with Crippen LogP contribution >= 0.6 is 34.2 Å². The Kier molecular flexibility index (Phi) is 6.71. The van der Waals surface area contributed by atoms with Gasteiger partial charge in [-0.3, -0.25) is 0 Å². The van der Waals surface area contributed by atoms with Crippen LogP contribution in [0.2, 0.25) is 5.28 Å². The fourth-order valence-corrected chi connectivity index (χ4v) is 4.66. The van der Waals surface area contributed by atoms with Gasteiger partial charge in [-0.1, -0.05) is 30.3 Å². The lowest BCUT2D eigenvalue weighted by atomic mass is 9.92. The largest absolute Gasteiger partial charge is 0.353 e. The molecule has 3 atom stereocenters. The zero-order valence-electron chi connectivity index (χ0n) is 17.0. The highest BCUT2D eigenvalue weighted by molar-refractivity contribution is 14.1. The monoisotopic (exact) mass is 550 g/mol. The molecule has 0 bridgehead atoms. The van der Waals surface area contributed by atoms with Gasteiger partial charge in [0.15, 0.2) is 12.6 Å². The molecule has 1 aliphatic heterocycles. The SMILES string of the molecule is Clc1nc(C(c2ccccc2)C(OC2CC2)OC2CCCCO2)c2cc(I)ccc2n1. The third-order valence-electron chi connectivity index (χ3n) is 5.66. The molecule has 2 heterocycles. The Morgan fingerprint density at radius 3 is 2.58 bits per heavy atom. The fourth-order valence-electron chi connectivity index (χ4n) is 3.99. The summed E-state index contributed by atoms with van der Waals surface area (Å²) in [6, 6.07) is 16.4. The summed E-state index contributed by atoms with van der Waals surface area (Å²) in [6.45, 7) is 0.720. The van der Waals surface area contributed by atoms with Gasteiger partial charge < -0.3 is 14.2 Å². The van der Waals surface area contributed by atoms with Crippen LogP contribution in [-0.2, 0) is 14.2 Å². The van der Waals surface area contributed by atoms with Crippen LogP contribution in [0.4, 0.5) is 0 Å². The van der Waals surface area contributed by atoms with E-state index in [1.165, 1.54) is 0 Å². The van der Waals surface area contributed by atoms with Crippen molar-refractivity contribution in [3.8, 4) is 0 Å². The van der Waals surface area contributed by atoms with Crippen LogP contribution in [0, 0.1) is 3.57 Å². The van der Waals surface area contributed by atoms with Gasteiger partial charge in [-0.2, -0.15) is 0 Å². The second-order valence-corrected chi connectivity index (χ2v) is 9.65. The summed E-state index contributed by atoms with van der Waals surface area (Å²) in [4.78, 5) is 9.16. The van der Waals surface area contributed by atoms with Crippen molar-refractivity contribution in [1.82, 2.24) is 9.97 Å². The van der Waals surface area contributed by atoms with E-state index in [0.717, 1.165) is 64.4 Å². The van der Waals surface area contributed by atoms with Gasteiger partial charge in [-0.05, 0) is 90.1 Å². The first-order valence-electron chi connectivity index (χ1n) is 10.8. The zero-order chi connectivity index (χ0) is 21.2. The van der Waals surface area contributed by atoms with E-state index in [1.807, 2.05) is 30.3 Å². The molecule has 1 saturated carbocycles. The van der Waals surface area contributed by atoms with E-state index in [4.69, 9.17) is 30.8 Å². The fraction of sp³-hybridized carbons (Fsp3) is 0.417. The highest BCUT2D eigenvalue weighted by Gasteiger charge is 2.37. The number of ether oxygens (including phenoxy) is 3. The average molecular weight is 551 g/mol. The van der Waals surface area contributed by atoms with Crippen molar-refractivity contribution in [1.29, 1.82) is 0 Å². The van der Waals surface area contributed by atoms with Crippen molar-refractivity contribution in [3.05, 3.63) is 68.6 Å². The normalized spacial score (nSPS) is 21.2. The molecule has 5 nitrogen and oxygen atoms in total. The van der Waals surface area contributed by atoms with Crippen LogP contribution in [0.15, 0.2) is 48.5 Å². The second kappa shape index (κ2) is 9.67. The molecule has 31 heavy (non-hydrogen) atoms. The van der Waals surface area contributed by atoms with Crippen molar-refractivity contribution in [2.24, 2.45) is 0 Å². The van der Waals surface area contributed by atoms with Gasteiger partial charge in [0, 0.05) is 15.6 Å². The molecule has 3 aromatic rings. The van der Waals surface area contributed by atoms with Crippen LogP contribution < -0.4 is 0 Å². The number of hydrogen-bond acceptors (Lipinski definition) is 5. The van der Waals surface area contributed by atoms with E-state index in [1.54, 1.807) is 0 Å². The number of fused-ring (bicyclic) bond motifs is 1. The predicted octanol–water partition coefficient (Wildman–Crippen LogP) is 6.07. The minimum absolute atomic E-state index is 0.212. The summed E-state index contributed by atoms with van der Waals surface area (Å²) in [5.74, 6) is -0.256. The minimum Gasteiger partial charge on any atom is -0.353 e. The first-order chi connectivity index (χ1) is 15.2. The smallest absolute Gasteiger partial charge is 0.223 e. The molecule has 0 amide bonds. The van der Waals surface area contributed by atoms with Gasteiger partial charge >= 0.3 is 0 Å². The van der Waals surface area contributed by atoms with Crippen LogP contribution in [0.1, 0.15) is 49.3 Å². The standard InChI is InChI=1S/C24H24ClIN2O3/c25-24-27-19-12-9-16(26)14-18(19)22(28-24)21(15-6-2-1-3-7-15)23(30-17-10-11-17)31-20-8-4-5-13-29-20/h1-3,6-7,9,12,14,17,20-21,23H,4-5,8,10-11,13H2.